The molecule has 2 aromatic carbocycles. The molecule has 0 radical (unpaired) electrons. The highest BCUT2D eigenvalue weighted by molar-refractivity contribution is 5.94. The fourth-order valence-electron chi connectivity index (χ4n) is 4.78. The van der Waals surface area contributed by atoms with Crippen LogP contribution in [-0.4, -0.2) is 70.2 Å². The molecule has 4 N–H and O–H groups in total. The summed E-state index contributed by atoms with van der Waals surface area (Å²) in [6, 6.07) is 9.23. The summed E-state index contributed by atoms with van der Waals surface area (Å²) >= 11 is 0. The number of rotatable bonds is 8. The van der Waals surface area contributed by atoms with Crippen LogP contribution in [0.25, 0.3) is 10.8 Å². The number of hydrogen-bond acceptors (Lipinski definition) is 7. The molecule has 3 amide bonds. The van der Waals surface area contributed by atoms with Gasteiger partial charge in [-0.3, -0.25) is 9.59 Å². The van der Waals surface area contributed by atoms with E-state index < -0.39 is 59.1 Å². The molecule has 0 aromatic heterocycles. The molecular weight excluding hydrogens is 528 g/mol. The average Bonchev–Trinajstić information content (AvgIpc) is 3.29. The van der Waals surface area contributed by atoms with Crippen molar-refractivity contribution in [3.05, 3.63) is 48.0 Å². The van der Waals surface area contributed by atoms with E-state index in [-0.39, 0.29) is 19.4 Å². The largest absolute Gasteiger partial charge is 0.480 e. The van der Waals surface area contributed by atoms with Gasteiger partial charge >= 0.3 is 12.1 Å². The number of carboxylic acid groups (broad SMARTS) is 1. The molecule has 2 aromatic rings. The smallest absolute Gasteiger partial charge is 0.408 e. The van der Waals surface area contributed by atoms with Crippen molar-refractivity contribution in [3.63, 3.8) is 0 Å². The number of carboxylic acids is 1. The molecule has 1 aliphatic heterocycles. The lowest BCUT2D eigenvalue weighted by Crippen LogP contribution is -2.59. The molecule has 1 heterocycles. The van der Waals surface area contributed by atoms with E-state index in [0.717, 1.165) is 16.3 Å². The molecule has 0 saturated carbocycles. The zero-order valence-electron chi connectivity index (χ0n) is 24.3. The fourth-order valence-corrected chi connectivity index (χ4v) is 4.78. The summed E-state index contributed by atoms with van der Waals surface area (Å²) in [7, 11) is 0. The summed E-state index contributed by atoms with van der Waals surface area (Å²) in [5, 5.41) is 20.9. The normalized spacial score (nSPS) is 18.6. The first kappa shape index (κ1) is 31.2. The Morgan fingerprint density at radius 3 is 2.32 bits per heavy atom. The first-order valence-corrected chi connectivity index (χ1v) is 13.5. The predicted octanol–water partition coefficient (Wildman–Crippen LogP) is 3.41. The van der Waals surface area contributed by atoms with Gasteiger partial charge in [-0.1, -0.05) is 63.2 Å². The van der Waals surface area contributed by atoms with Crippen LogP contribution in [0.4, 0.5) is 4.79 Å². The Labute approximate surface area is 239 Å². The Morgan fingerprint density at radius 1 is 1.07 bits per heavy atom. The number of carbonyl (C=O) groups is 4. The molecule has 2 unspecified atom stereocenters. The Bertz CT molecular complexity index is 1360. The summed E-state index contributed by atoms with van der Waals surface area (Å²) < 4.78 is 5.35. The minimum absolute atomic E-state index is 0.0235. The van der Waals surface area contributed by atoms with E-state index in [4.69, 9.17) is 10.3 Å². The van der Waals surface area contributed by atoms with Crippen LogP contribution in [-0.2, 0) is 25.5 Å². The second-order valence-corrected chi connectivity index (χ2v) is 12.3. The lowest BCUT2D eigenvalue weighted by Gasteiger charge is -2.35. The first-order valence-electron chi connectivity index (χ1n) is 13.5. The molecule has 1 aliphatic rings. The minimum Gasteiger partial charge on any atom is -0.480 e. The Hall–Kier alpha value is -4.31. The number of nitrogens with zero attached hydrogens (tertiary/aromatic N) is 3. The second kappa shape index (κ2) is 12.5. The number of hydrogen-bond donors (Lipinski definition) is 4. The van der Waals surface area contributed by atoms with Crippen LogP contribution in [0.1, 0.15) is 53.5 Å². The number of benzene rings is 2. The maximum Gasteiger partial charge on any atom is 0.408 e. The van der Waals surface area contributed by atoms with E-state index in [2.05, 4.69) is 20.7 Å². The van der Waals surface area contributed by atoms with Gasteiger partial charge in [0.25, 0.3) is 0 Å². The number of aliphatic carboxylic acids is 1. The maximum absolute atomic E-state index is 13.8. The highest BCUT2D eigenvalue weighted by atomic mass is 16.6. The zero-order valence-corrected chi connectivity index (χ0v) is 24.3. The summed E-state index contributed by atoms with van der Waals surface area (Å²) in [4.78, 5) is 56.4. The highest BCUT2D eigenvalue weighted by Gasteiger charge is 2.47. The molecule has 41 heavy (non-hydrogen) atoms. The van der Waals surface area contributed by atoms with Crippen LogP contribution >= 0.6 is 0 Å². The first-order chi connectivity index (χ1) is 19.1. The monoisotopic (exact) mass is 567 g/mol. The number of likely N-dealkylation sites (tertiary alicyclic amines) is 1. The third kappa shape index (κ3) is 8.34. The van der Waals surface area contributed by atoms with Crippen molar-refractivity contribution in [1.82, 2.24) is 20.4 Å². The van der Waals surface area contributed by atoms with E-state index in [0.29, 0.717) is 0 Å². The lowest BCUT2D eigenvalue weighted by molar-refractivity contribution is -0.145. The number of ether oxygens (including phenoxy) is 1. The van der Waals surface area contributed by atoms with Gasteiger partial charge < -0.3 is 25.4 Å². The van der Waals surface area contributed by atoms with Crippen LogP contribution in [0.15, 0.2) is 47.6 Å². The van der Waals surface area contributed by atoms with Gasteiger partial charge in [-0.15, -0.1) is 0 Å². The van der Waals surface area contributed by atoms with E-state index in [1.54, 1.807) is 41.5 Å². The molecule has 0 bridgehead atoms. The van der Waals surface area contributed by atoms with Crippen LogP contribution in [0.3, 0.4) is 0 Å². The van der Waals surface area contributed by atoms with Crippen molar-refractivity contribution < 1.29 is 29.0 Å². The van der Waals surface area contributed by atoms with Gasteiger partial charge in [0.1, 0.15) is 34.4 Å². The van der Waals surface area contributed by atoms with Crippen LogP contribution < -0.4 is 15.5 Å². The summed E-state index contributed by atoms with van der Waals surface area (Å²) in [5.41, 5.74) is 6.31. The third-order valence-electron chi connectivity index (χ3n) is 6.73. The molecular formula is C29H39N6O6+. The molecule has 3 rings (SSSR count). The Morgan fingerprint density at radius 2 is 1.73 bits per heavy atom. The predicted molar refractivity (Wildman–Crippen MR) is 151 cm³/mol. The highest BCUT2D eigenvalue weighted by Crippen LogP contribution is 2.28. The van der Waals surface area contributed by atoms with Crippen molar-refractivity contribution in [1.29, 1.82) is 5.53 Å². The quantitative estimate of drug-likeness (QED) is 0.281. The third-order valence-corrected chi connectivity index (χ3v) is 6.73. The number of carbonyl (C=O) groups excluding carboxylic acids is 3. The van der Waals surface area contributed by atoms with Crippen molar-refractivity contribution >= 4 is 34.6 Å². The van der Waals surface area contributed by atoms with E-state index in [1.807, 2.05) is 42.5 Å². The van der Waals surface area contributed by atoms with Crippen LogP contribution in [0.2, 0.25) is 0 Å². The van der Waals surface area contributed by atoms with Crippen molar-refractivity contribution in [3.8, 4) is 0 Å². The van der Waals surface area contributed by atoms with Gasteiger partial charge in [0.05, 0.1) is 6.54 Å². The van der Waals surface area contributed by atoms with Crippen molar-refractivity contribution in [2.24, 2.45) is 10.5 Å². The van der Waals surface area contributed by atoms with Gasteiger partial charge in [0.15, 0.2) is 6.04 Å². The van der Waals surface area contributed by atoms with Gasteiger partial charge in [-0.2, -0.15) is 0 Å². The van der Waals surface area contributed by atoms with Crippen LogP contribution in [0.5, 0.6) is 0 Å². The number of fused-ring (bicyclic) bond motifs is 1. The minimum atomic E-state index is -1.25. The number of amides is 3. The lowest BCUT2D eigenvalue weighted by atomic mass is 9.85. The molecule has 1 saturated heterocycles. The summed E-state index contributed by atoms with van der Waals surface area (Å²) in [6.07, 6.45) is -0.701. The van der Waals surface area contributed by atoms with Gasteiger partial charge in [0.2, 0.25) is 16.7 Å². The fraction of sp³-hybridized carbons (Fsp3) is 0.517. The molecule has 12 nitrogen and oxygen atoms in total. The molecule has 4 atom stereocenters. The van der Waals surface area contributed by atoms with Gasteiger partial charge in [0, 0.05) is 12.8 Å². The number of alkyl carbamates (subject to hydrolysis) is 1. The van der Waals surface area contributed by atoms with Crippen molar-refractivity contribution in [2.45, 2.75) is 84.2 Å². The van der Waals surface area contributed by atoms with Gasteiger partial charge in [-0.25, -0.2) is 9.59 Å². The molecule has 0 aliphatic carbocycles. The summed E-state index contributed by atoms with van der Waals surface area (Å²) in [5.74, 6) is -2.43. The maximum atomic E-state index is 13.8. The Kier molecular flexibility index (Phi) is 9.49. The number of nitrogens with one attached hydrogen (secondary N) is 3. The van der Waals surface area contributed by atoms with Gasteiger partial charge in [-0.05, 0) is 42.5 Å². The standard InChI is InChI=1S/C29H38N6O6/c1-28(2,3)23(32-27(40)41-29(4,5)6)25(37)35-16-20(33-34-30)15-22(35)24(36)31-21(26(38)39)14-17-11-12-18-9-7-8-10-19(18)13-17/h7-13,20-23,30H,14-16H2,1-6H3,(H2-,31,32,36,38,39,40)/p+1/t20-,21?,22-,23?/m0/s1. The summed E-state index contributed by atoms with van der Waals surface area (Å²) in [6.45, 7) is 10.4. The SMILES string of the molecule is CC(C)(C)OC(=O)NC(C(=O)N1C[C@@H](N=[N+]=N)C[C@H]1C(=O)NC(Cc1ccc2ccccc2c1)C(=O)O)C(C)(C)C. The molecule has 220 valence electrons. The zero-order chi connectivity index (χ0) is 30.5. The second-order valence-electron chi connectivity index (χ2n) is 12.3. The van der Waals surface area contributed by atoms with E-state index in [1.165, 1.54) is 4.90 Å². The molecule has 12 heteroatoms. The van der Waals surface area contributed by atoms with Crippen LogP contribution in [0, 0.1) is 10.9 Å². The van der Waals surface area contributed by atoms with Crippen molar-refractivity contribution in [2.75, 3.05) is 6.54 Å². The van der Waals surface area contributed by atoms with E-state index >= 15 is 0 Å². The topological polar surface area (TPSA) is 175 Å². The van der Waals surface area contributed by atoms with E-state index in [9.17, 15) is 24.3 Å². The average molecular weight is 568 g/mol. The molecule has 0 spiro atoms. The molecule has 1 fully saturated rings. The Balaban J connectivity index is 1.84.